The zero-order valence-electron chi connectivity index (χ0n) is 13.2. The quantitative estimate of drug-likeness (QED) is 0.732. The SMILES string of the molecule is O=C(NC1CC1)c1cncn1Cc1ccc(-c2noc(C(F)(F)F)n2)s1. The number of nitrogens with zero attached hydrogens (tertiary/aromatic N) is 4. The Morgan fingerprint density at radius 2 is 2.19 bits per heavy atom. The fraction of sp³-hybridized carbons (Fsp3) is 0.333. The number of thiophene rings is 1. The molecule has 26 heavy (non-hydrogen) atoms. The van der Waals surface area contributed by atoms with Gasteiger partial charge in [0, 0.05) is 10.9 Å². The molecule has 1 aliphatic carbocycles. The summed E-state index contributed by atoms with van der Waals surface area (Å²) >= 11 is 1.22. The summed E-state index contributed by atoms with van der Waals surface area (Å²) < 4.78 is 43.6. The van der Waals surface area contributed by atoms with E-state index in [1.807, 2.05) is 0 Å². The average molecular weight is 383 g/mol. The molecule has 0 unspecified atom stereocenters. The van der Waals surface area contributed by atoms with Crippen molar-refractivity contribution >= 4 is 17.2 Å². The molecule has 0 saturated heterocycles. The normalized spacial score (nSPS) is 14.6. The number of alkyl halides is 3. The van der Waals surface area contributed by atoms with E-state index >= 15 is 0 Å². The van der Waals surface area contributed by atoms with Crippen LogP contribution in [0.2, 0.25) is 0 Å². The molecule has 1 saturated carbocycles. The number of amides is 1. The average Bonchev–Trinajstić information content (AvgIpc) is 3.01. The highest BCUT2D eigenvalue weighted by molar-refractivity contribution is 7.15. The monoisotopic (exact) mass is 383 g/mol. The van der Waals surface area contributed by atoms with Crippen molar-refractivity contribution in [3.8, 4) is 10.7 Å². The number of imidazole rings is 1. The molecule has 0 radical (unpaired) electrons. The second kappa shape index (κ2) is 6.24. The zero-order valence-corrected chi connectivity index (χ0v) is 14.0. The van der Waals surface area contributed by atoms with Crippen LogP contribution in [0.25, 0.3) is 10.7 Å². The van der Waals surface area contributed by atoms with Crippen molar-refractivity contribution in [2.45, 2.75) is 31.6 Å². The molecule has 1 amide bonds. The van der Waals surface area contributed by atoms with Crippen molar-refractivity contribution in [1.82, 2.24) is 25.0 Å². The van der Waals surface area contributed by atoms with Gasteiger partial charge in [-0.1, -0.05) is 5.16 Å². The first-order valence-electron chi connectivity index (χ1n) is 7.71. The topological polar surface area (TPSA) is 85.8 Å². The summed E-state index contributed by atoms with van der Waals surface area (Å²) in [5.41, 5.74) is 0.436. The van der Waals surface area contributed by atoms with E-state index in [1.54, 1.807) is 16.7 Å². The van der Waals surface area contributed by atoms with Crippen molar-refractivity contribution in [2.75, 3.05) is 0 Å². The van der Waals surface area contributed by atoms with Gasteiger partial charge in [0.25, 0.3) is 5.91 Å². The van der Waals surface area contributed by atoms with Crippen LogP contribution in [0.15, 0.2) is 29.2 Å². The molecule has 7 nitrogen and oxygen atoms in total. The Morgan fingerprint density at radius 1 is 1.38 bits per heavy atom. The molecule has 0 bridgehead atoms. The van der Waals surface area contributed by atoms with Gasteiger partial charge in [0.05, 0.1) is 23.9 Å². The summed E-state index contributed by atoms with van der Waals surface area (Å²) in [6.45, 7) is 0.363. The highest BCUT2D eigenvalue weighted by Gasteiger charge is 2.38. The van der Waals surface area contributed by atoms with Gasteiger partial charge in [0.2, 0.25) is 5.82 Å². The lowest BCUT2D eigenvalue weighted by atomic mass is 10.3. The molecule has 4 rings (SSSR count). The standard InChI is InChI=1S/C15H12F3N5O2S/c16-15(17,18)14-21-12(22-25-14)11-4-3-9(26-11)6-23-7-19-5-10(23)13(24)20-8-1-2-8/h3-5,7-8H,1-2,6H2,(H,20,24). The smallest absolute Gasteiger partial charge is 0.348 e. The van der Waals surface area contributed by atoms with Crippen LogP contribution >= 0.6 is 11.3 Å². The van der Waals surface area contributed by atoms with Crippen LogP contribution in [-0.2, 0) is 12.7 Å². The molecule has 0 aromatic carbocycles. The van der Waals surface area contributed by atoms with Gasteiger partial charge in [-0.05, 0) is 25.0 Å². The molecule has 1 fully saturated rings. The molecule has 0 spiro atoms. The number of carbonyl (C=O) groups excluding carboxylic acids is 1. The molecular weight excluding hydrogens is 371 g/mol. The summed E-state index contributed by atoms with van der Waals surface area (Å²) in [5.74, 6) is -1.68. The predicted molar refractivity (Wildman–Crippen MR) is 84.4 cm³/mol. The number of rotatable bonds is 5. The first-order chi connectivity index (χ1) is 12.4. The second-order valence-electron chi connectivity index (χ2n) is 5.84. The maximum atomic E-state index is 12.5. The van der Waals surface area contributed by atoms with Crippen molar-refractivity contribution in [2.24, 2.45) is 0 Å². The van der Waals surface area contributed by atoms with E-state index in [0.717, 1.165) is 17.7 Å². The predicted octanol–water partition coefficient (Wildman–Crippen LogP) is 2.95. The van der Waals surface area contributed by atoms with Gasteiger partial charge in [-0.15, -0.1) is 11.3 Å². The summed E-state index contributed by atoms with van der Waals surface area (Å²) in [6, 6.07) is 3.60. The van der Waals surface area contributed by atoms with Crippen LogP contribution in [0.5, 0.6) is 0 Å². The summed E-state index contributed by atoms with van der Waals surface area (Å²) in [4.78, 5) is 20.8. The number of aromatic nitrogens is 4. The van der Waals surface area contributed by atoms with Crippen molar-refractivity contribution < 1.29 is 22.5 Å². The number of hydrogen-bond donors (Lipinski definition) is 1. The largest absolute Gasteiger partial charge is 0.471 e. The van der Waals surface area contributed by atoms with Gasteiger partial charge < -0.3 is 14.4 Å². The van der Waals surface area contributed by atoms with E-state index in [1.165, 1.54) is 23.9 Å². The minimum atomic E-state index is -4.67. The van der Waals surface area contributed by atoms with E-state index < -0.39 is 12.1 Å². The molecule has 3 aromatic rings. The number of hydrogen-bond acceptors (Lipinski definition) is 6. The van der Waals surface area contributed by atoms with Gasteiger partial charge in [0.1, 0.15) is 5.69 Å². The fourth-order valence-electron chi connectivity index (χ4n) is 2.31. The third-order valence-electron chi connectivity index (χ3n) is 3.73. The Balaban J connectivity index is 1.50. The molecule has 11 heteroatoms. The van der Waals surface area contributed by atoms with E-state index in [-0.39, 0.29) is 17.8 Å². The molecule has 3 aromatic heterocycles. The number of nitrogens with one attached hydrogen (secondary N) is 1. The van der Waals surface area contributed by atoms with Crippen LogP contribution in [0, 0.1) is 0 Å². The molecular formula is C15H12F3N5O2S. The first kappa shape index (κ1) is 16.8. The zero-order chi connectivity index (χ0) is 18.3. The van der Waals surface area contributed by atoms with Gasteiger partial charge in [0.15, 0.2) is 0 Å². The molecule has 0 aliphatic heterocycles. The molecule has 3 heterocycles. The minimum Gasteiger partial charge on any atom is -0.348 e. The molecule has 1 N–H and O–H groups in total. The van der Waals surface area contributed by atoms with Gasteiger partial charge in [-0.2, -0.15) is 18.2 Å². The lowest BCUT2D eigenvalue weighted by molar-refractivity contribution is -0.159. The van der Waals surface area contributed by atoms with Crippen LogP contribution in [0.1, 0.15) is 34.1 Å². The van der Waals surface area contributed by atoms with Gasteiger partial charge in [-0.25, -0.2) is 4.98 Å². The van der Waals surface area contributed by atoms with Crippen molar-refractivity contribution in [1.29, 1.82) is 0 Å². The first-order valence-corrected chi connectivity index (χ1v) is 8.53. The minimum absolute atomic E-state index is 0.120. The summed E-state index contributed by atoms with van der Waals surface area (Å²) in [7, 11) is 0. The summed E-state index contributed by atoms with van der Waals surface area (Å²) in [6.07, 6.45) is 0.321. The van der Waals surface area contributed by atoms with Crippen LogP contribution in [-0.4, -0.2) is 31.6 Å². The van der Waals surface area contributed by atoms with E-state index in [2.05, 4.69) is 25.0 Å². The van der Waals surface area contributed by atoms with Gasteiger partial charge in [-0.3, -0.25) is 4.79 Å². The van der Waals surface area contributed by atoms with Gasteiger partial charge >= 0.3 is 12.1 Å². The second-order valence-corrected chi connectivity index (χ2v) is 7.01. The van der Waals surface area contributed by atoms with Crippen molar-refractivity contribution in [3.05, 3.63) is 41.1 Å². The third-order valence-corrected chi connectivity index (χ3v) is 4.80. The Hall–Kier alpha value is -2.69. The van der Waals surface area contributed by atoms with Crippen LogP contribution < -0.4 is 5.32 Å². The maximum Gasteiger partial charge on any atom is 0.471 e. The lowest BCUT2D eigenvalue weighted by Gasteiger charge is -2.07. The van der Waals surface area contributed by atoms with E-state index in [9.17, 15) is 18.0 Å². The lowest BCUT2D eigenvalue weighted by Crippen LogP contribution is -2.27. The fourth-order valence-corrected chi connectivity index (χ4v) is 3.24. The van der Waals surface area contributed by atoms with E-state index in [4.69, 9.17) is 0 Å². The Labute approximate surface area is 148 Å². The third kappa shape index (κ3) is 3.47. The highest BCUT2D eigenvalue weighted by atomic mass is 32.1. The van der Waals surface area contributed by atoms with E-state index in [0.29, 0.717) is 17.1 Å². The number of halogens is 3. The summed E-state index contributed by atoms with van der Waals surface area (Å²) in [5, 5.41) is 6.26. The van der Waals surface area contributed by atoms with Crippen molar-refractivity contribution in [3.63, 3.8) is 0 Å². The maximum absolute atomic E-state index is 12.5. The Morgan fingerprint density at radius 3 is 2.88 bits per heavy atom. The van der Waals surface area contributed by atoms with Crippen LogP contribution in [0.4, 0.5) is 13.2 Å². The molecule has 0 atom stereocenters. The molecule has 136 valence electrons. The number of carbonyl (C=O) groups is 1. The Bertz CT molecular complexity index is 941. The Kier molecular flexibility index (Phi) is 4.02. The van der Waals surface area contributed by atoms with Crippen LogP contribution in [0.3, 0.4) is 0 Å². The molecule has 1 aliphatic rings. The highest BCUT2D eigenvalue weighted by Crippen LogP contribution is 2.32.